The summed E-state index contributed by atoms with van der Waals surface area (Å²) in [6.07, 6.45) is 3.34. The Bertz CT molecular complexity index is 925. The summed E-state index contributed by atoms with van der Waals surface area (Å²) in [6.45, 7) is 5.88. The summed E-state index contributed by atoms with van der Waals surface area (Å²) in [6, 6.07) is 13.1. The number of carbonyl (C=O) groups excluding carboxylic acids is 2. The van der Waals surface area contributed by atoms with Crippen molar-refractivity contribution in [3.8, 4) is 11.5 Å². The minimum absolute atomic E-state index is 0.108. The molecule has 2 aliphatic rings. The fraction of sp³-hybridized carbons (Fsp3) is 0.417. The summed E-state index contributed by atoms with van der Waals surface area (Å²) >= 11 is 0. The van der Waals surface area contributed by atoms with Crippen LogP contribution < -0.4 is 4.74 Å². The highest BCUT2D eigenvalue weighted by molar-refractivity contribution is 5.97. The molecule has 0 bridgehead atoms. The van der Waals surface area contributed by atoms with Gasteiger partial charge in [-0.3, -0.25) is 9.69 Å². The van der Waals surface area contributed by atoms with E-state index in [-0.39, 0.29) is 11.9 Å². The van der Waals surface area contributed by atoms with E-state index in [1.807, 2.05) is 23.1 Å². The van der Waals surface area contributed by atoms with Gasteiger partial charge in [0, 0.05) is 31.2 Å². The number of hydrogen-bond donors (Lipinski definition) is 0. The molecule has 6 heteroatoms. The van der Waals surface area contributed by atoms with Crippen molar-refractivity contribution in [2.75, 3.05) is 33.3 Å². The molecular formula is C24H28N2O4. The molecule has 6 nitrogen and oxygen atoms in total. The average molecular weight is 408 g/mol. The lowest BCUT2D eigenvalue weighted by Gasteiger charge is -2.31. The Morgan fingerprint density at radius 3 is 2.53 bits per heavy atom. The van der Waals surface area contributed by atoms with Gasteiger partial charge in [-0.05, 0) is 80.8 Å². The van der Waals surface area contributed by atoms with Gasteiger partial charge in [0.25, 0.3) is 5.91 Å². The Kier molecular flexibility index (Phi) is 6.04. The Hall–Kier alpha value is -2.86. The fourth-order valence-corrected chi connectivity index (χ4v) is 4.28. The zero-order chi connectivity index (χ0) is 21.1. The second-order valence-electron chi connectivity index (χ2n) is 8.01. The van der Waals surface area contributed by atoms with Crippen LogP contribution in [0.2, 0.25) is 0 Å². The van der Waals surface area contributed by atoms with E-state index < -0.39 is 0 Å². The van der Waals surface area contributed by atoms with E-state index >= 15 is 0 Å². The van der Waals surface area contributed by atoms with Crippen LogP contribution in [0.25, 0.3) is 0 Å². The smallest absolute Gasteiger partial charge is 0.337 e. The molecule has 2 aliphatic heterocycles. The van der Waals surface area contributed by atoms with Gasteiger partial charge < -0.3 is 14.4 Å². The van der Waals surface area contributed by atoms with Gasteiger partial charge in [0.1, 0.15) is 11.5 Å². The number of likely N-dealkylation sites (tertiary alicyclic amines) is 1. The number of carbonyl (C=O) groups is 2. The number of rotatable bonds is 6. The van der Waals surface area contributed by atoms with E-state index in [9.17, 15) is 9.59 Å². The molecule has 158 valence electrons. The summed E-state index contributed by atoms with van der Waals surface area (Å²) in [5.41, 5.74) is 2.27. The van der Waals surface area contributed by atoms with Crippen molar-refractivity contribution in [1.82, 2.24) is 9.80 Å². The number of amides is 1. The van der Waals surface area contributed by atoms with Gasteiger partial charge in [0.05, 0.1) is 12.7 Å². The Morgan fingerprint density at radius 1 is 1.07 bits per heavy atom. The molecule has 2 aromatic carbocycles. The molecule has 2 aromatic rings. The van der Waals surface area contributed by atoms with Crippen LogP contribution >= 0.6 is 0 Å². The van der Waals surface area contributed by atoms with Crippen molar-refractivity contribution in [2.24, 2.45) is 0 Å². The molecule has 1 fully saturated rings. The molecule has 30 heavy (non-hydrogen) atoms. The van der Waals surface area contributed by atoms with Crippen molar-refractivity contribution in [1.29, 1.82) is 0 Å². The molecule has 1 saturated heterocycles. The molecule has 0 aliphatic carbocycles. The molecule has 0 saturated carbocycles. The van der Waals surface area contributed by atoms with Crippen LogP contribution in [0.15, 0.2) is 42.5 Å². The Labute approximate surface area is 177 Å². The normalized spacial score (nSPS) is 18.9. The van der Waals surface area contributed by atoms with Gasteiger partial charge in [-0.2, -0.15) is 0 Å². The Balaban J connectivity index is 1.39. The minimum Gasteiger partial charge on any atom is -0.465 e. The maximum Gasteiger partial charge on any atom is 0.337 e. The first kappa shape index (κ1) is 20.4. The van der Waals surface area contributed by atoms with Gasteiger partial charge in [-0.15, -0.1) is 0 Å². The van der Waals surface area contributed by atoms with E-state index in [1.54, 1.807) is 24.3 Å². The molecule has 2 heterocycles. The van der Waals surface area contributed by atoms with E-state index in [1.165, 1.54) is 20.0 Å². The first-order valence-corrected chi connectivity index (χ1v) is 10.6. The fourth-order valence-electron chi connectivity index (χ4n) is 4.28. The van der Waals surface area contributed by atoms with Crippen LogP contribution in [0.4, 0.5) is 0 Å². The monoisotopic (exact) mass is 408 g/mol. The van der Waals surface area contributed by atoms with Crippen molar-refractivity contribution in [2.45, 2.75) is 32.2 Å². The van der Waals surface area contributed by atoms with Crippen molar-refractivity contribution < 1.29 is 19.1 Å². The quantitative estimate of drug-likeness (QED) is 0.682. The van der Waals surface area contributed by atoms with Crippen molar-refractivity contribution in [3.63, 3.8) is 0 Å². The summed E-state index contributed by atoms with van der Waals surface area (Å²) in [5, 5.41) is 0. The molecule has 1 atom stereocenters. The topological polar surface area (TPSA) is 59.1 Å². The Morgan fingerprint density at radius 2 is 1.83 bits per heavy atom. The van der Waals surface area contributed by atoms with Crippen molar-refractivity contribution >= 4 is 11.9 Å². The second-order valence-corrected chi connectivity index (χ2v) is 8.01. The van der Waals surface area contributed by atoms with E-state index in [0.29, 0.717) is 23.1 Å². The predicted molar refractivity (Wildman–Crippen MR) is 114 cm³/mol. The summed E-state index contributed by atoms with van der Waals surface area (Å²) < 4.78 is 10.6. The van der Waals surface area contributed by atoms with E-state index in [2.05, 4.69) is 11.8 Å². The number of nitrogens with zero attached hydrogens (tertiary/aromatic N) is 2. The summed E-state index contributed by atoms with van der Waals surface area (Å²) in [4.78, 5) is 28.9. The molecule has 0 N–H and O–H groups in total. The second kappa shape index (κ2) is 8.88. The van der Waals surface area contributed by atoms with E-state index in [4.69, 9.17) is 9.47 Å². The number of ether oxygens (including phenoxy) is 2. The molecule has 1 amide bonds. The van der Waals surface area contributed by atoms with Crippen LogP contribution in [-0.2, 0) is 11.2 Å². The third-order valence-corrected chi connectivity index (χ3v) is 6.10. The highest BCUT2D eigenvalue weighted by Gasteiger charge is 2.26. The number of esters is 1. The third-order valence-electron chi connectivity index (χ3n) is 6.10. The van der Waals surface area contributed by atoms with Gasteiger partial charge in [0.15, 0.2) is 0 Å². The van der Waals surface area contributed by atoms with Gasteiger partial charge >= 0.3 is 5.97 Å². The molecule has 0 radical (unpaired) electrons. The lowest BCUT2D eigenvalue weighted by molar-refractivity contribution is 0.0600. The molecule has 0 spiro atoms. The molecular weight excluding hydrogens is 380 g/mol. The van der Waals surface area contributed by atoms with Gasteiger partial charge in [0.2, 0.25) is 0 Å². The highest BCUT2D eigenvalue weighted by atomic mass is 16.5. The zero-order valence-electron chi connectivity index (χ0n) is 17.6. The standard InChI is InChI=1S/C24H28N2O4/c1-17-4-3-12-25(17)14-15-26-13-11-19-16-21(9-10-22(19)23(26)27)30-20-7-5-18(6-8-20)24(28)29-2/h5-10,16-17H,3-4,11-15H2,1-2H3. The largest absolute Gasteiger partial charge is 0.465 e. The van der Waals surface area contributed by atoms with Gasteiger partial charge in [-0.1, -0.05) is 0 Å². The number of fused-ring (bicyclic) bond motifs is 1. The van der Waals surface area contributed by atoms with Gasteiger partial charge in [-0.25, -0.2) is 4.79 Å². The van der Waals surface area contributed by atoms with Crippen molar-refractivity contribution in [3.05, 3.63) is 59.2 Å². The number of methoxy groups -OCH3 is 1. The molecule has 0 aromatic heterocycles. The molecule has 4 rings (SSSR count). The van der Waals surface area contributed by atoms with Crippen LogP contribution in [0.5, 0.6) is 11.5 Å². The lowest BCUT2D eigenvalue weighted by atomic mass is 9.98. The average Bonchev–Trinajstić information content (AvgIpc) is 3.18. The van der Waals surface area contributed by atoms with Crippen LogP contribution in [0.3, 0.4) is 0 Å². The summed E-state index contributed by atoms with van der Waals surface area (Å²) in [7, 11) is 1.36. The predicted octanol–water partition coefficient (Wildman–Crippen LogP) is 3.75. The van der Waals surface area contributed by atoms with E-state index in [0.717, 1.165) is 43.7 Å². The first-order valence-electron chi connectivity index (χ1n) is 10.6. The molecule has 1 unspecified atom stereocenters. The SMILES string of the molecule is COC(=O)c1ccc(Oc2ccc3c(c2)CCN(CCN2CCCC2C)C3=O)cc1. The minimum atomic E-state index is -0.377. The maximum atomic E-state index is 12.9. The third kappa shape index (κ3) is 4.33. The highest BCUT2D eigenvalue weighted by Crippen LogP contribution is 2.28. The number of benzene rings is 2. The summed E-state index contributed by atoms with van der Waals surface area (Å²) in [5.74, 6) is 1.05. The maximum absolute atomic E-state index is 12.9. The lowest BCUT2D eigenvalue weighted by Crippen LogP contribution is -2.43. The zero-order valence-corrected chi connectivity index (χ0v) is 17.6. The number of hydrogen-bond acceptors (Lipinski definition) is 5. The first-order chi connectivity index (χ1) is 14.5. The van der Waals surface area contributed by atoms with Crippen LogP contribution in [-0.4, -0.2) is 61.0 Å². The van der Waals surface area contributed by atoms with Crippen LogP contribution in [0, 0.1) is 0 Å². The van der Waals surface area contributed by atoms with Crippen LogP contribution in [0.1, 0.15) is 46.0 Å².